The van der Waals surface area contributed by atoms with E-state index in [1.165, 1.54) is 28.7 Å². The van der Waals surface area contributed by atoms with E-state index in [-0.39, 0.29) is 11.6 Å². The average Bonchev–Trinajstić information content (AvgIpc) is 2.93. The normalized spacial score (nSPS) is 12.3. The smallest absolute Gasteiger partial charge is 0.417 e. The van der Waals surface area contributed by atoms with Gasteiger partial charge in [0.2, 0.25) is 19.7 Å². The zero-order chi connectivity index (χ0) is 17.3. The maximum Gasteiger partial charge on any atom is 0.417 e. The Morgan fingerprint density at radius 3 is 2.52 bits per heavy atom. The molecule has 0 spiro atoms. The van der Waals surface area contributed by atoms with Crippen molar-refractivity contribution in [2.24, 2.45) is 0 Å². The topological polar surface area (TPSA) is 89.3 Å². The number of hydrogen-bond donors (Lipinski definition) is 1. The van der Waals surface area contributed by atoms with E-state index in [0.29, 0.717) is 6.07 Å². The molecule has 1 aromatic heterocycles. The van der Waals surface area contributed by atoms with E-state index in [9.17, 15) is 26.4 Å². The number of nitrogens with zero attached hydrogens (tertiary/aromatic N) is 1. The van der Waals surface area contributed by atoms with Crippen LogP contribution < -0.4 is 4.72 Å². The largest absolute Gasteiger partial charge is 0.447 e. The molecular weight excluding hydrogens is 452 g/mol. The Labute approximate surface area is 142 Å². The van der Waals surface area contributed by atoms with E-state index in [4.69, 9.17) is 4.42 Å². The number of aromatic nitrogens is 1. The Hall–Kier alpha value is -1.47. The van der Waals surface area contributed by atoms with Crippen LogP contribution in [0.2, 0.25) is 0 Å². The second kappa shape index (κ2) is 6.57. The van der Waals surface area contributed by atoms with Crippen molar-refractivity contribution in [1.29, 1.82) is 0 Å². The first-order chi connectivity index (χ1) is 10.6. The first-order valence-corrected chi connectivity index (χ1v) is 8.47. The molecule has 2 rings (SSSR count). The SMILES string of the molecule is O=C(I)c1coc(CNS(=O)(=O)c2ccccc2C(F)(F)F)n1. The number of halogens is 4. The minimum absolute atomic E-state index is 0.0181. The number of benzene rings is 1. The van der Waals surface area contributed by atoms with Gasteiger partial charge in [0, 0.05) is 22.6 Å². The highest BCUT2D eigenvalue weighted by molar-refractivity contribution is 14.1. The molecule has 0 amide bonds. The summed E-state index contributed by atoms with van der Waals surface area (Å²) < 4.78 is 69.2. The van der Waals surface area contributed by atoms with Gasteiger partial charge in [-0.2, -0.15) is 13.2 Å². The van der Waals surface area contributed by atoms with Gasteiger partial charge in [0.15, 0.2) is 5.69 Å². The maximum atomic E-state index is 12.9. The fraction of sp³-hybridized carbons (Fsp3) is 0.167. The molecule has 0 aliphatic rings. The first kappa shape index (κ1) is 17.9. The van der Waals surface area contributed by atoms with Crippen molar-refractivity contribution in [2.75, 3.05) is 0 Å². The van der Waals surface area contributed by atoms with E-state index in [1.807, 2.05) is 4.72 Å². The van der Waals surface area contributed by atoms with E-state index in [2.05, 4.69) is 4.98 Å². The Kier molecular flexibility index (Phi) is 5.10. The molecule has 23 heavy (non-hydrogen) atoms. The predicted molar refractivity (Wildman–Crippen MR) is 80.3 cm³/mol. The van der Waals surface area contributed by atoms with Gasteiger partial charge >= 0.3 is 6.18 Å². The molecule has 0 aliphatic heterocycles. The number of carbonyl (C=O) groups excluding carboxylic acids is 1. The van der Waals surface area contributed by atoms with Crippen LogP contribution in [0.4, 0.5) is 13.2 Å². The molecule has 0 radical (unpaired) electrons. The van der Waals surface area contributed by atoms with Crippen LogP contribution in [0.3, 0.4) is 0 Å². The third kappa shape index (κ3) is 4.29. The standard InChI is InChI=1S/C12H8F3IN2O4S/c13-12(14,15)7-3-1-2-4-9(7)23(20,21)17-5-10-18-8(6-22-10)11(16)19/h1-4,6,17H,5H2. The molecule has 124 valence electrons. The number of sulfonamides is 1. The van der Waals surface area contributed by atoms with E-state index >= 15 is 0 Å². The van der Waals surface area contributed by atoms with Crippen molar-refractivity contribution >= 4 is 36.4 Å². The molecule has 0 saturated carbocycles. The number of carbonyl (C=O) groups is 1. The monoisotopic (exact) mass is 460 g/mol. The molecule has 0 unspecified atom stereocenters. The van der Waals surface area contributed by atoms with Crippen LogP contribution in [0.15, 0.2) is 39.8 Å². The second-order valence-electron chi connectivity index (χ2n) is 4.22. The van der Waals surface area contributed by atoms with Crippen molar-refractivity contribution in [1.82, 2.24) is 9.71 Å². The summed E-state index contributed by atoms with van der Waals surface area (Å²) in [5, 5.41) is 0. The quantitative estimate of drug-likeness (QED) is 0.548. The number of hydrogen-bond acceptors (Lipinski definition) is 5. The number of alkyl halides is 3. The lowest BCUT2D eigenvalue weighted by Crippen LogP contribution is -2.26. The van der Waals surface area contributed by atoms with Crippen molar-refractivity contribution in [3.8, 4) is 0 Å². The second-order valence-corrected chi connectivity index (χ2v) is 6.93. The molecule has 1 aromatic carbocycles. The summed E-state index contributed by atoms with van der Waals surface area (Å²) in [5.74, 6) is -0.141. The highest BCUT2D eigenvalue weighted by Gasteiger charge is 2.36. The van der Waals surface area contributed by atoms with Gasteiger partial charge in [-0.05, 0) is 12.1 Å². The Morgan fingerprint density at radius 2 is 1.96 bits per heavy atom. The molecule has 0 aliphatic carbocycles. The molecule has 6 nitrogen and oxygen atoms in total. The van der Waals surface area contributed by atoms with E-state index < -0.39 is 37.0 Å². The van der Waals surface area contributed by atoms with Crippen molar-refractivity contribution in [3.63, 3.8) is 0 Å². The van der Waals surface area contributed by atoms with Crippen molar-refractivity contribution in [2.45, 2.75) is 17.6 Å². The maximum absolute atomic E-state index is 12.9. The molecule has 1 N–H and O–H groups in total. The molecule has 0 saturated heterocycles. The predicted octanol–water partition coefficient (Wildman–Crippen LogP) is 2.75. The summed E-state index contributed by atoms with van der Waals surface area (Å²) in [5.41, 5.74) is -1.29. The Bertz CT molecular complexity index is 833. The van der Waals surface area contributed by atoms with Crippen LogP contribution in [-0.2, 0) is 22.7 Å². The fourth-order valence-electron chi connectivity index (χ4n) is 1.65. The highest BCUT2D eigenvalue weighted by atomic mass is 127. The Balaban J connectivity index is 2.24. The molecule has 1 heterocycles. The van der Waals surface area contributed by atoms with Crippen LogP contribution in [0, 0.1) is 0 Å². The van der Waals surface area contributed by atoms with Crippen LogP contribution in [-0.4, -0.2) is 17.2 Å². The van der Waals surface area contributed by atoms with Gasteiger partial charge < -0.3 is 4.42 Å². The molecule has 0 fully saturated rings. The van der Waals surface area contributed by atoms with Crippen LogP contribution in [0.25, 0.3) is 0 Å². The lowest BCUT2D eigenvalue weighted by Gasteiger charge is -2.13. The van der Waals surface area contributed by atoms with Crippen LogP contribution in [0.5, 0.6) is 0 Å². The number of oxazole rings is 1. The van der Waals surface area contributed by atoms with Crippen molar-refractivity contribution in [3.05, 3.63) is 47.7 Å². The summed E-state index contributed by atoms with van der Waals surface area (Å²) in [6, 6.07) is 3.79. The van der Waals surface area contributed by atoms with Gasteiger partial charge in [0.25, 0.3) is 0 Å². The third-order valence-corrected chi connectivity index (χ3v) is 4.66. The molecular formula is C12H8F3IN2O4S. The minimum Gasteiger partial charge on any atom is -0.447 e. The highest BCUT2D eigenvalue weighted by Crippen LogP contribution is 2.33. The zero-order valence-electron chi connectivity index (χ0n) is 11.1. The Morgan fingerprint density at radius 1 is 1.30 bits per heavy atom. The number of nitrogens with one attached hydrogen (secondary N) is 1. The zero-order valence-corrected chi connectivity index (χ0v) is 14.1. The van der Waals surface area contributed by atoms with Crippen molar-refractivity contribution < 1.29 is 30.8 Å². The lowest BCUT2D eigenvalue weighted by molar-refractivity contribution is -0.139. The van der Waals surface area contributed by atoms with Crippen LogP contribution >= 0.6 is 22.6 Å². The summed E-state index contributed by atoms with van der Waals surface area (Å²) >= 11 is 1.46. The average molecular weight is 460 g/mol. The molecule has 2 aromatic rings. The summed E-state index contributed by atoms with van der Waals surface area (Å²) in [6.07, 6.45) is -3.78. The van der Waals surface area contributed by atoms with Gasteiger partial charge in [0.1, 0.15) is 6.26 Å². The summed E-state index contributed by atoms with van der Waals surface area (Å²) in [7, 11) is -4.44. The van der Waals surface area contributed by atoms with E-state index in [1.54, 1.807) is 0 Å². The van der Waals surface area contributed by atoms with Gasteiger partial charge in [-0.3, -0.25) is 4.79 Å². The van der Waals surface area contributed by atoms with Crippen LogP contribution in [0.1, 0.15) is 21.9 Å². The van der Waals surface area contributed by atoms with Gasteiger partial charge in [-0.1, -0.05) is 12.1 Å². The molecule has 11 heteroatoms. The fourth-order valence-corrected chi connectivity index (χ4v) is 3.10. The summed E-state index contributed by atoms with van der Waals surface area (Å²) in [6.45, 7) is -0.488. The third-order valence-electron chi connectivity index (χ3n) is 2.65. The minimum atomic E-state index is -4.81. The van der Waals surface area contributed by atoms with Gasteiger partial charge in [0.05, 0.1) is 17.0 Å². The molecule has 0 atom stereocenters. The van der Waals surface area contributed by atoms with Gasteiger partial charge in [-0.25, -0.2) is 18.1 Å². The summed E-state index contributed by atoms with van der Waals surface area (Å²) in [4.78, 5) is 13.8. The lowest BCUT2D eigenvalue weighted by atomic mass is 10.2. The first-order valence-electron chi connectivity index (χ1n) is 5.91. The van der Waals surface area contributed by atoms with Gasteiger partial charge in [-0.15, -0.1) is 0 Å². The van der Waals surface area contributed by atoms with E-state index in [0.717, 1.165) is 18.4 Å². The number of rotatable bonds is 5. The molecule has 0 bridgehead atoms.